The molecule has 0 unspecified atom stereocenters. The Bertz CT molecular complexity index is 700. The van der Waals surface area contributed by atoms with Crippen molar-refractivity contribution in [3.63, 3.8) is 0 Å². The molecule has 0 spiro atoms. The number of fused-ring (bicyclic) bond motifs is 1. The number of nitrogens with one attached hydrogen (secondary N) is 1. The third-order valence-corrected chi connectivity index (χ3v) is 4.22. The average molecular weight is 286 g/mol. The first-order valence-electron chi connectivity index (χ1n) is 6.80. The SMILES string of the molecule is Cc1cc(C)c2nc(NCCCn3ccnc3)sc2c1. The number of hydrogen-bond acceptors (Lipinski definition) is 4. The largest absolute Gasteiger partial charge is 0.361 e. The van der Waals surface area contributed by atoms with Crippen molar-refractivity contribution in [2.24, 2.45) is 0 Å². The van der Waals surface area contributed by atoms with Gasteiger partial charge in [0, 0.05) is 25.5 Å². The van der Waals surface area contributed by atoms with Crippen molar-refractivity contribution >= 4 is 26.7 Å². The van der Waals surface area contributed by atoms with E-state index in [0.717, 1.165) is 30.2 Å². The first-order chi connectivity index (χ1) is 9.72. The normalized spacial score (nSPS) is 11.1. The summed E-state index contributed by atoms with van der Waals surface area (Å²) in [7, 11) is 0. The van der Waals surface area contributed by atoms with Gasteiger partial charge >= 0.3 is 0 Å². The van der Waals surface area contributed by atoms with Crippen molar-refractivity contribution in [2.45, 2.75) is 26.8 Å². The molecule has 0 aliphatic heterocycles. The third-order valence-electron chi connectivity index (χ3n) is 3.26. The van der Waals surface area contributed by atoms with E-state index in [4.69, 9.17) is 0 Å². The smallest absolute Gasteiger partial charge is 0.183 e. The van der Waals surface area contributed by atoms with E-state index in [1.807, 2.05) is 18.7 Å². The molecule has 3 rings (SSSR count). The van der Waals surface area contributed by atoms with Crippen LogP contribution in [0, 0.1) is 13.8 Å². The number of hydrogen-bond donors (Lipinski definition) is 1. The lowest BCUT2D eigenvalue weighted by Crippen LogP contribution is -2.05. The zero-order valence-electron chi connectivity index (χ0n) is 11.8. The summed E-state index contributed by atoms with van der Waals surface area (Å²) in [6, 6.07) is 4.39. The van der Waals surface area contributed by atoms with Crippen LogP contribution >= 0.6 is 11.3 Å². The molecule has 20 heavy (non-hydrogen) atoms. The van der Waals surface area contributed by atoms with E-state index in [0.29, 0.717) is 0 Å². The molecular weight excluding hydrogens is 268 g/mol. The van der Waals surface area contributed by atoms with Gasteiger partial charge in [0.2, 0.25) is 0 Å². The summed E-state index contributed by atoms with van der Waals surface area (Å²) in [5.74, 6) is 0. The number of benzene rings is 1. The minimum atomic E-state index is 0.927. The highest BCUT2D eigenvalue weighted by Crippen LogP contribution is 2.29. The lowest BCUT2D eigenvalue weighted by Gasteiger charge is -2.03. The second-order valence-corrected chi connectivity index (χ2v) is 6.06. The van der Waals surface area contributed by atoms with Crippen LogP contribution in [0.25, 0.3) is 10.2 Å². The minimum Gasteiger partial charge on any atom is -0.361 e. The summed E-state index contributed by atoms with van der Waals surface area (Å²) >= 11 is 1.73. The van der Waals surface area contributed by atoms with Crippen LogP contribution in [0.1, 0.15) is 17.5 Å². The maximum Gasteiger partial charge on any atom is 0.183 e. The topological polar surface area (TPSA) is 42.7 Å². The number of nitrogens with zero attached hydrogens (tertiary/aromatic N) is 3. The first-order valence-corrected chi connectivity index (χ1v) is 7.61. The molecule has 0 fully saturated rings. The summed E-state index contributed by atoms with van der Waals surface area (Å²) in [4.78, 5) is 8.71. The average Bonchev–Trinajstić information content (AvgIpc) is 3.03. The van der Waals surface area contributed by atoms with E-state index in [1.165, 1.54) is 15.8 Å². The molecule has 0 saturated heterocycles. The Hall–Kier alpha value is -1.88. The molecule has 0 amide bonds. The summed E-state index contributed by atoms with van der Waals surface area (Å²) in [6.07, 6.45) is 6.71. The summed E-state index contributed by atoms with van der Waals surface area (Å²) in [5.41, 5.74) is 3.67. The molecule has 1 N–H and O–H groups in total. The summed E-state index contributed by atoms with van der Waals surface area (Å²) < 4.78 is 3.35. The van der Waals surface area contributed by atoms with Crippen LogP contribution in [0.4, 0.5) is 5.13 Å². The van der Waals surface area contributed by atoms with Gasteiger partial charge in [0.15, 0.2) is 5.13 Å². The Labute approximate surface area is 122 Å². The zero-order valence-corrected chi connectivity index (χ0v) is 12.6. The Morgan fingerprint density at radius 1 is 1.30 bits per heavy atom. The number of rotatable bonds is 5. The zero-order chi connectivity index (χ0) is 13.9. The molecule has 2 heterocycles. The molecule has 5 heteroatoms. The fraction of sp³-hybridized carbons (Fsp3) is 0.333. The van der Waals surface area contributed by atoms with Gasteiger partial charge in [0.1, 0.15) is 0 Å². The monoisotopic (exact) mass is 286 g/mol. The Morgan fingerprint density at radius 3 is 3.00 bits per heavy atom. The van der Waals surface area contributed by atoms with E-state index in [-0.39, 0.29) is 0 Å². The van der Waals surface area contributed by atoms with Crippen LogP contribution in [-0.4, -0.2) is 21.1 Å². The predicted molar refractivity (Wildman–Crippen MR) is 84.4 cm³/mol. The highest BCUT2D eigenvalue weighted by Gasteiger charge is 2.06. The third kappa shape index (κ3) is 2.82. The van der Waals surface area contributed by atoms with Gasteiger partial charge in [0.05, 0.1) is 16.5 Å². The second kappa shape index (κ2) is 5.63. The van der Waals surface area contributed by atoms with E-state index >= 15 is 0 Å². The molecule has 1 aromatic carbocycles. The van der Waals surface area contributed by atoms with Crippen molar-refractivity contribution in [2.75, 3.05) is 11.9 Å². The van der Waals surface area contributed by atoms with Crippen molar-refractivity contribution in [1.82, 2.24) is 14.5 Å². The number of aromatic nitrogens is 3. The van der Waals surface area contributed by atoms with Gasteiger partial charge in [-0.2, -0.15) is 0 Å². The summed E-state index contributed by atoms with van der Waals surface area (Å²) in [6.45, 7) is 6.16. The second-order valence-electron chi connectivity index (χ2n) is 5.03. The summed E-state index contributed by atoms with van der Waals surface area (Å²) in [5, 5.41) is 4.43. The molecule has 0 atom stereocenters. The van der Waals surface area contributed by atoms with Gasteiger partial charge in [-0.25, -0.2) is 9.97 Å². The molecular formula is C15H18N4S. The van der Waals surface area contributed by atoms with Crippen LogP contribution in [0.15, 0.2) is 30.9 Å². The van der Waals surface area contributed by atoms with Gasteiger partial charge in [-0.15, -0.1) is 0 Å². The van der Waals surface area contributed by atoms with E-state index in [1.54, 1.807) is 11.3 Å². The molecule has 3 aromatic rings. The Kier molecular flexibility index (Phi) is 3.69. The van der Waals surface area contributed by atoms with Crippen LogP contribution < -0.4 is 5.32 Å². The lowest BCUT2D eigenvalue weighted by molar-refractivity contribution is 0.660. The highest BCUT2D eigenvalue weighted by atomic mass is 32.1. The van der Waals surface area contributed by atoms with Gasteiger partial charge in [-0.3, -0.25) is 0 Å². The molecule has 104 valence electrons. The number of aryl methyl sites for hydroxylation is 3. The molecule has 0 radical (unpaired) electrons. The van der Waals surface area contributed by atoms with E-state index in [9.17, 15) is 0 Å². The molecule has 4 nitrogen and oxygen atoms in total. The standard InChI is InChI=1S/C15H18N4S/c1-11-8-12(2)14-13(9-11)20-15(18-14)17-4-3-6-19-7-5-16-10-19/h5,7-10H,3-4,6H2,1-2H3,(H,17,18). The van der Waals surface area contributed by atoms with Crippen LogP contribution in [0.3, 0.4) is 0 Å². The van der Waals surface area contributed by atoms with Crippen molar-refractivity contribution in [3.05, 3.63) is 42.0 Å². The molecule has 2 aromatic heterocycles. The van der Waals surface area contributed by atoms with Crippen LogP contribution in [0.5, 0.6) is 0 Å². The van der Waals surface area contributed by atoms with Crippen LogP contribution in [-0.2, 0) is 6.54 Å². The first kappa shape index (κ1) is 13.1. The Morgan fingerprint density at radius 2 is 2.20 bits per heavy atom. The molecule has 0 bridgehead atoms. The van der Waals surface area contributed by atoms with Crippen molar-refractivity contribution < 1.29 is 0 Å². The van der Waals surface area contributed by atoms with Crippen molar-refractivity contribution in [3.8, 4) is 0 Å². The van der Waals surface area contributed by atoms with Gasteiger partial charge < -0.3 is 9.88 Å². The number of anilines is 1. The quantitative estimate of drug-likeness (QED) is 0.729. The number of imidazole rings is 1. The van der Waals surface area contributed by atoms with Gasteiger partial charge in [-0.1, -0.05) is 17.4 Å². The fourth-order valence-corrected chi connectivity index (χ4v) is 3.39. The number of thiazole rings is 1. The fourth-order valence-electron chi connectivity index (χ4n) is 2.32. The van der Waals surface area contributed by atoms with E-state index in [2.05, 4.69) is 45.8 Å². The maximum absolute atomic E-state index is 4.68. The minimum absolute atomic E-state index is 0.927. The van der Waals surface area contributed by atoms with E-state index < -0.39 is 0 Å². The highest BCUT2D eigenvalue weighted by molar-refractivity contribution is 7.22. The lowest BCUT2D eigenvalue weighted by atomic mass is 10.1. The molecule has 0 aliphatic rings. The predicted octanol–water partition coefficient (Wildman–Crippen LogP) is 3.61. The van der Waals surface area contributed by atoms with Gasteiger partial charge in [0.25, 0.3) is 0 Å². The van der Waals surface area contributed by atoms with Crippen molar-refractivity contribution in [1.29, 1.82) is 0 Å². The molecule has 0 aliphatic carbocycles. The molecule has 0 saturated carbocycles. The van der Waals surface area contributed by atoms with Crippen LogP contribution in [0.2, 0.25) is 0 Å². The van der Waals surface area contributed by atoms with Gasteiger partial charge in [-0.05, 0) is 37.5 Å². The Balaban J connectivity index is 1.61. The maximum atomic E-state index is 4.68.